The number of anilines is 2. The molecule has 2 aromatic carbocycles. The molecule has 2 rings (SSSR count). The molecule has 0 saturated heterocycles. The molecule has 5 nitrogen and oxygen atoms in total. The van der Waals surface area contributed by atoms with Crippen molar-refractivity contribution in [2.24, 2.45) is 0 Å². The number of rotatable bonds is 5. The van der Waals surface area contributed by atoms with Gasteiger partial charge in [-0.25, -0.2) is 0 Å². The van der Waals surface area contributed by atoms with Gasteiger partial charge in [0.15, 0.2) is 0 Å². The Labute approximate surface area is 130 Å². The van der Waals surface area contributed by atoms with Gasteiger partial charge in [0.05, 0.1) is 12.0 Å². The first-order valence-electron chi connectivity index (χ1n) is 7.10. The highest BCUT2D eigenvalue weighted by molar-refractivity contribution is 5.66. The van der Waals surface area contributed by atoms with E-state index in [2.05, 4.69) is 0 Å². The van der Waals surface area contributed by atoms with Gasteiger partial charge in [-0.3, -0.25) is 10.1 Å². The van der Waals surface area contributed by atoms with Crippen LogP contribution in [-0.2, 0) is 0 Å². The summed E-state index contributed by atoms with van der Waals surface area (Å²) in [5, 5.41) is 11.3. The van der Waals surface area contributed by atoms with E-state index in [0.717, 1.165) is 22.7 Å². The maximum Gasteiger partial charge on any atom is 0.274 e. The van der Waals surface area contributed by atoms with Gasteiger partial charge in [-0.2, -0.15) is 0 Å². The lowest BCUT2D eigenvalue weighted by molar-refractivity contribution is -0.385. The van der Waals surface area contributed by atoms with E-state index in [1.54, 1.807) is 13.2 Å². The number of benzene rings is 2. The zero-order valence-corrected chi connectivity index (χ0v) is 13.2. The third-order valence-electron chi connectivity index (χ3n) is 3.68. The van der Waals surface area contributed by atoms with Gasteiger partial charge in [0.25, 0.3) is 5.69 Å². The first-order chi connectivity index (χ1) is 10.4. The minimum atomic E-state index is -0.319. The maximum atomic E-state index is 11.3. The fourth-order valence-corrected chi connectivity index (χ4v) is 2.34. The molecule has 0 aliphatic carbocycles. The monoisotopic (exact) mass is 300 g/mol. The lowest BCUT2D eigenvalue weighted by Gasteiger charge is -2.20. The molecule has 0 fully saturated rings. The highest BCUT2D eigenvalue weighted by atomic mass is 16.6. The molecule has 0 aliphatic rings. The van der Waals surface area contributed by atoms with Crippen LogP contribution in [0.25, 0.3) is 0 Å². The highest BCUT2D eigenvalue weighted by Gasteiger charge is 2.18. The number of nitro groups is 1. The number of nitrogens with zero attached hydrogens (tertiary/aromatic N) is 2. The fourth-order valence-electron chi connectivity index (χ4n) is 2.34. The van der Waals surface area contributed by atoms with E-state index in [1.807, 2.05) is 62.2 Å². The van der Waals surface area contributed by atoms with Gasteiger partial charge >= 0.3 is 0 Å². The van der Waals surface area contributed by atoms with Crippen molar-refractivity contribution >= 4 is 17.1 Å². The van der Waals surface area contributed by atoms with Crippen molar-refractivity contribution < 1.29 is 9.66 Å². The number of hydrogen-bond donors (Lipinski definition) is 0. The van der Waals surface area contributed by atoms with Crippen LogP contribution in [0.3, 0.4) is 0 Å². The topological polar surface area (TPSA) is 55.6 Å². The molecule has 0 radical (unpaired) electrons. The third-order valence-corrected chi connectivity index (χ3v) is 3.68. The second-order valence-electron chi connectivity index (χ2n) is 5.41. The lowest BCUT2D eigenvalue weighted by atomic mass is 10.0. The molecule has 0 unspecified atom stereocenters. The van der Waals surface area contributed by atoms with Crippen molar-refractivity contribution in [2.45, 2.75) is 19.8 Å². The van der Waals surface area contributed by atoms with Gasteiger partial charge in [-0.15, -0.1) is 0 Å². The SMILES string of the molecule is COc1ccc(N(C)c2ccc(C(C)C)c([N+](=O)[O-])c2)cc1. The summed E-state index contributed by atoms with van der Waals surface area (Å²) in [5.74, 6) is 0.888. The molecule has 0 amide bonds. The molecule has 2 aromatic rings. The fraction of sp³-hybridized carbons (Fsp3) is 0.294. The first kappa shape index (κ1) is 15.8. The normalized spacial score (nSPS) is 10.6. The summed E-state index contributed by atoms with van der Waals surface area (Å²) < 4.78 is 5.14. The van der Waals surface area contributed by atoms with Crippen LogP contribution in [0, 0.1) is 10.1 Å². The van der Waals surface area contributed by atoms with Gasteiger partial charge in [-0.1, -0.05) is 13.8 Å². The molecule has 5 heteroatoms. The van der Waals surface area contributed by atoms with Gasteiger partial charge in [0, 0.05) is 30.1 Å². The van der Waals surface area contributed by atoms with Crippen LogP contribution < -0.4 is 9.64 Å². The predicted octanol–water partition coefficient (Wildman–Crippen LogP) is 4.49. The largest absolute Gasteiger partial charge is 0.497 e. The van der Waals surface area contributed by atoms with Gasteiger partial charge in [-0.05, 0) is 42.3 Å². The Hall–Kier alpha value is -2.56. The Morgan fingerprint density at radius 3 is 2.18 bits per heavy atom. The van der Waals surface area contributed by atoms with Crippen LogP contribution in [0.2, 0.25) is 0 Å². The van der Waals surface area contributed by atoms with Crippen LogP contribution in [0.4, 0.5) is 17.1 Å². The first-order valence-corrected chi connectivity index (χ1v) is 7.10. The Kier molecular flexibility index (Phi) is 4.65. The third kappa shape index (κ3) is 3.19. The van der Waals surface area contributed by atoms with Crippen molar-refractivity contribution in [3.63, 3.8) is 0 Å². The number of hydrogen-bond acceptors (Lipinski definition) is 4. The molecule has 0 spiro atoms. The van der Waals surface area contributed by atoms with E-state index in [1.165, 1.54) is 0 Å². The van der Waals surface area contributed by atoms with E-state index < -0.39 is 0 Å². The van der Waals surface area contributed by atoms with Crippen molar-refractivity contribution in [1.29, 1.82) is 0 Å². The molecule has 0 heterocycles. The predicted molar refractivity (Wildman–Crippen MR) is 88.2 cm³/mol. The minimum absolute atomic E-state index is 0.112. The summed E-state index contributed by atoms with van der Waals surface area (Å²) >= 11 is 0. The highest BCUT2D eigenvalue weighted by Crippen LogP contribution is 2.33. The number of ether oxygens (including phenoxy) is 1. The van der Waals surface area contributed by atoms with E-state index in [4.69, 9.17) is 4.74 Å². The molecular formula is C17H20N2O3. The molecule has 0 N–H and O–H groups in total. The van der Waals surface area contributed by atoms with Gasteiger partial charge < -0.3 is 9.64 Å². The Morgan fingerprint density at radius 1 is 1.09 bits per heavy atom. The molecule has 0 aromatic heterocycles. The minimum Gasteiger partial charge on any atom is -0.497 e. The molecule has 116 valence electrons. The zero-order valence-electron chi connectivity index (χ0n) is 13.2. The zero-order chi connectivity index (χ0) is 16.3. The standard InChI is InChI=1S/C17H20N2O3/c1-12(2)16-10-7-14(11-17(16)19(20)21)18(3)13-5-8-15(22-4)9-6-13/h5-12H,1-4H3. The van der Waals surface area contributed by atoms with Crippen LogP contribution >= 0.6 is 0 Å². The Morgan fingerprint density at radius 2 is 1.68 bits per heavy atom. The summed E-state index contributed by atoms with van der Waals surface area (Å²) in [4.78, 5) is 12.9. The van der Waals surface area contributed by atoms with E-state index in [9.17, 15) is 10.1 Å². The quantitative estimate of drug-likeness (QED) is 0.603. The van der Waals surface area contributed by atoms with E-state index in [-0.39, 0.29) is 16.5 Å². The second kappa shape index (κ2) is 6.47. The molecular weight excluding hydrogens is 280 g/mol. The summed E-state index contributed by atoms with van der Waals surface area (Å²) in [7, 11) is 3.50. The maximum absolute atomic E-state index is 11.3. The Balaban J connectivity index is 2.38. The van der Waals surface area contributed by atoms with Crippen molar-refractivity contribution in [3.8, 4) is 5.75 Å². The van der Waals surface area contributed by atoms with Crippen LogP contribution in [0.5, 0.6) is 5.75 Å². The average molecular weight is 300 g/mol. The summed E-state index contributed by atoms with van der Waals surface area (Å²) in [6.45, 7) is 3.91. The number of methoxy groups -OCH3 is 1. The lowest BCUT2D eigenvalue weighted by Crippen LogP contribution is -2.10. The van der Waals surface area contributed by atoms with Gasteiger partial charge in [0.1, 0.15) is 5.75 Å². The van der Waals surface area contributed by atoms with Crippen molar-refractivity contribution in [2.75, 3.05) is 19.1 Å². The second-order valence-corrected chi connectivity index (χ2v) is 5.41. The van der Waals surface area contributed by atoms with Crippen molar-refractivity contribution in [3.05, 3.63) is 58.1 Å². The smallest absolute Gasteiger partial charge is 0.274 e. The summed E-state index contributed by atoms with van der Waals surface area (Å²) in [5.41, 5.74) is 2.62. The molecule has 22 heavy (non-hydrogen) atoms. The van der Waals surface area contributed by atoms with Gasteiger partial charge in [0.2, 0.25) is 0 Å². The molecule has 0 bridgehead atoms. The van der Waals surface area contributed by atoms with E-state index in [0.29, 0.717) is 0 Å². The average Bonchev–Trinajstić information content (AvgIpc) is 2.53. The van der Waals surface area contributed by atoms with Crippen molar-refractivity contribution in [1.82, 2.24) is 0 Å². The molecule has 0 atom stereocenters. The van der Waals surface area contributed by atoms with Crippen LogP contribution in [-0.4, -0.2) is 19.1 Å². The van der Waals surface area contributed by atoms with E-state index >= 15 is 0 Å². The summed E-state index contributed by atoms with van der Waals surface area (Å²) in [6.07, 6.45) is 0. The molecule has 0 aliphatic heterocycles. The van der Waals surface area contributed by atoms with Crippen LogP contribution in [0.1, 0.15) is 25.3 Å². The Bertz CT molecular complexity index is 666. The number of nitro benzene ring substituents is 1. The molecule has 0 saturated carbocycles. The van der Waals surface area contributed by atoms with Crippen LogP contribution in [0.15, 0.2) is 42.5 Å². The summed E-state index contributed by atoms with van der Waals surface area (Å²) in [6, 6.07) is 12.9.